The largest absolute Gasteiger partial charge is 0.364 e. The molecule has 0 fully saturated rings. The Bertz CT molecular complexity index is 550. The number of aromatic nitrogens is 2. The predicted molar refractivity (Wildman–Crippen MR) is 73.0 cm³/mol. The van der Waals surface area contributed by atoms with Crippen molar-refractivity contribution in [3.63, 3.8) is 0 Å². The van der Waals surface area contributed by atoms with E-state index in [2.05, 4.69) is 15.5 Å². The van der Waals surface area contributed by atoms with Crippen molar-refractivity contribution >= 4 is 17.4 Å². The lowest BCUT2D eigenvalue weighted by Crippen LogP contribution is -2.13. The molecule has 0 aliphatic heterocycles. The maximum absolute atomic E-state index is 10.9. The highest BCUT2D eigenvalue weighted by Gasteiger charge is 2.03. The summed E-state index contributed by atoms with van der Waals surface area (Å²) in [5.41, 5.74) is 12.8. The van der Waals surface area contributed by atoms with Gasteiger partial charge in [0.05, 0.1) is 0 Å². The van der Waals surface area contributed by atoms with Crippen molar-refractivity contribution in [2.75, 3.05) is 11.9 Å². The monoisotopic (exact) mass is 257 g/mol. The Morgan fingerprint density at radius 1 is 1.11 bits per heavy atom. The van der Waals surface area contributed by atoms with E-state index in [1.54, 1.807) is 6.07 Å². The van der Waals surface area contributed by atoms with Gasteiger partial charge in [0.15, 0.2) is 11.5 Å². The first-order valence-corrected chi connectivity index (χ1v) is 5.88. The summed E-state index contributed by atoms with van der Waals surface area (Å²) in [6, 6.07) is 11.1. The SMILES string of the molecule is NCCc1ccc(Nc2ccc(C(N)=O)nn2)cc1. The second kappa shape index (κ2) is 5.92. The van der Waals surface area contributed by atoms with Gasteiger partial charge in [-0.2, -0.15) is 0 Å². The average molecular weight is 257 g/mol. The summed E-state index contributed by atoms with van der Waals surface area (Å²) in [5.74, 6) is -0.0400. The minimum Gasteiger partial charge on any atom is -0.364 e. The first kappa shape index (κ1) is 13.0. The molecule has 0 bridgehead atoms. The summed E-state index contributed by atoms with van der Waals surface area (Å²) in [7, 11) is 0. The fourth-order valence-electron chi connectivity index (χ4n) is 1.60. The van der Waals surface area contributed by atoms with Crippen LogP contribution in [0, 0.1) is 0 Å². The highest BCUT2D eigenvalue weighted by molar-refractivity contribution is 5.90. The number of hydrogen-bond acceptors (Lipinski definition) is 5. The first-order chi connectivity index (χ1) is 9.19. The molecule has 0 saturated heterocycles. The third-order valence-corrected chi connectivity index (χ3v) is 2.58. The zero-order chi connectivity index (χ0) is 13.7. The smallest absolute Gasteiger partial charge is 0.269 e. The molecular formula is C13H15N5O. The Hall–Kier alpha value is -2.47. The maximum Gasteiger partial charge on any atom is 0.269 e. The van der Waals surface area contributed by atoms with Crippen LogP contribution < -0.4 is 16.8 Å². The highest BCUT2D eigenvalue weighted by Crippen LogP contribution is 2.14. The summed E-state index contributed by atoms with van der Waals surface area (Å²) in [6.07, 6.45) is 0.855. The van der Waals surface area contributed by atoms with E-state index in [0.29, 0.717) is 12.4 Å². The van der Waals surface area contributed by atoms with Crippen LogP contribution in [0.4, 0.5) is 11.5 Å². The minimum atomic E-state index is -0.592. The molecule has 6 heteroatoms. The van der Waals surface area contributed by atoms with E-state index in [1.165, 1.54) is 11.6 Å². The topological polar surface area (TPSA) is 107 Å². The van der Waals surface area contributed by atoms with Gasteiger partial charge in [-0.25, -0.2) is 0 Å². The quantitative estimate of drug-likeness (QED) is 0.735. The number of anilines is 2. The fraction of sp³-hybridized carbons (Fsp3) is 0.154. The molecule has 1 heterocycles. The van der Waals surface area contributed by atoms with E-state index in [4.69, 9.17) is 11.5 Å². The summed E-state index contributed by atoms with van der Waals surface area (Å²) in [4.78, 5) is 10.9. The number of rotatable bonds is 5. The van der Waals surface area contributed by atoms with Crippen molar-refractivity contribution in [2.24, 2.45) is 11.5 Å². The van der Waals surface area contributed by atoms with Crippen LogP contribution in [0.5, 0.6) is 0 Å². The van der Waals surface area contributed by atoms with E-state index >= 15 is 0 Å². The van der Waals surface area contributed by atoms with Crippen LogP contribution in [-0.4, -0.2) is 22.6 Å². The van der Waals surface area contributed by atoms with Gasteiger partial charge in [0.25, 0.3) is 5.91 Å². The zero-order valence-corrected chi connectivity index (χ0v) is 10.3. The molecule has 19 heavy (non-hydrogen) atoms. The fourth-order valence-corrected chi connectivity index (χ4v) is 1.60. The van der Waals surface area contributed by atoms with E-state index < -0.39 is 5.91 Å². The van der Waals surface area contributed by atoms with Gasteiger partial charge in [0.1, 0.15) is 0 Å². The van der Waals surface area contributed by atoms with Crippen LogP contribution in [0.15, 0.2) is 36.4 Å². The summed E-state index contributed by atoms with van der Waals surface area (Å²) >= 11 is 0. The number of amides is 1. The molecule has 0 saturated carbocycles. The van der Waals surface area contributed by atoms with Crippen LogP contribution in [0.25, 0.3) is 0 Å². The Morgan fingerprint density at radius 3 is 2.37 bits per heavy atom. The van der Waals surface area contributed by atoms with Crippen molar-refractivity contribution in [3.8, 4) is 0 Å². The first-order valence-electron chi connectivity index (χ1n) is 5.88. The zero-order valence-electron chi connectivity index (χ0n) is 10.3. The van der Waals surface area contributed by atoms with E-state index in [1.807, 2.05) is 24.3 Å². The van der Waals surface area contributed by atoms with Crippen LogP contribution >= 0.6 is 0 Å². The normalized spacial score (nSPS) is 10.2. The number of nitrogens with zero attached hydrogens (tertiary/aromatic N) is 2. The summed E-state index contributed by atoms with van der Waals surface area (Å²) in [5, 5.41) is 10.7. The van der Waals surface area contributed by atoms with Gasteiger partial charge in [-0.15, -0.1) is 10.2 Å². The van der Waals surface area contributed by atoms with Crippen LogP contribution in [0.1, 0.15) is 16.1 Å². The van der Waals surface area contributed by atoms with E-state index in [-0.39, 0.29) is 5.69 Å². The number of nitrogens with one attached hydrogen (secondary N) is 1. The minimum absolute atomic E-state index is 0.142. The Kier molecular flexibility index (Phi) is 4.04. The lowest BCUT2D eigenvalue weighted by atomic mass is 10.1. The molecule has 0 aliphatic rings. The Labute approximate surface area is 110 Å². The van der Waals surface area contributed by atoms with Gasteiger partial charge < -0.3 is 16.8 Å². The molecule has 2 rings (SSSR count). The highest BCUT2D eigenvalue weighted by atomic mass is 16.1. The average Bonchev–Trinajstić information content (AvgIpc) is 2.42. The molecule has 98 valence electrons. The number of carbonyl (C=O) groups is 1. The van der Waals surface area contributed by atoms with E-state index in [9.17, 15) is 4.79 Å². The predicted octanol–water partition coefficient (Wildman–Crippen LogP) is 0.820. The number of carbonyl (C=O) groups excluding carboxylic acids is 1. The molecule has 1 aromatic carbocycles. The van der Waals surface area contributed by atoms with Crippen molar-refractivity contribution < 1.29 is 4.79 Å². The molecule has 0 radical (unpaired) electrons. The van der Waals surface area contributed by atoms with Crippen molar-refractivity contribution in [1.82, 2.24) is 10.2 Å². The van der Waals surface area contributed by atoms with Crippen LogP contribution in [-0.2, 0) is 6.42 Å². The number of primary amides is 1. The lowest BCUT2D eigenvalue weighted by molar-refractivity contribution is 0.0994. The van der Waals surface area contributed by atoms with Crippen molar-refractivity contribution in [3.05, 3.63) is 47.7 Å². The molecule has 1 amide bonds. The van der Waals surface area contributed by atoms with Gasteiger partial charge in [-0.3, -0.25) is 4.79 Å². The maximum atomic E-state index is 10.9. The molecule has 1 aromatic heterocycles. The molecule has 6 nitrogen and oxygen atoms in total. The second-order valence-corrected chi connectivity index (χ2v) is 4.03. The van der Waals surface area contributed by atoms with Gasteiger partial charge in [0.2, 0.25) is 0 Å². The van der Waals surface area contributed by atoms with Gasteiger partial charge in [-0.1, -0.05) is 12.1 Å². The Balaban J connectivity index is 2.06. The number of hydrogen-bond donors (Lipinski definition) is 3. The standard InChI is InChI=1S/C13H15N5O/c14-8-7-9-1-3-10(4-2-9)16-12-6-5-11(13(15)19)17-18-12/h1-6H,7-8,14H2,(H2,15,19)(H,16,18). The third-order valence-electron chi connectivity index (χ3n) is 2.58. The van der Waals surface area contributed by atoms with Crippen LogP contribution in [0.3, 0.4) is 0 Å². The third kappa shape index (κ3) is 3.49. The summed E-state index contributed by atoms with van der Waals surface area (Å²) < 4.78 is 0. The number of nitrogens with two attached hydrogens (primary N) is 2. The van der Waals surface area contributed by atoms with Crippen molar-refractivity contribution in [2.45, 2.75) is 6.42 Å². The molecule has 0 spiro atoms. The molecule has 2 aromatic rings. The molecule has 5 N–H and O–H groups in total. The molecular weight excluding hydrogens is 242 g/mol. The molecule has 0 unspecified atom stereocenters. The van der Waals surface area contributed by atoms with Crippen molar-refractivity contribution in [1.29, 1.82) is 0 Å². The van der Waals surface area contributed by atoms with E-state index in [0.717, 1.165) is 12.1 Å². The molecule has 0 atom stereocenters. The van der Waals surface area contributed by atoms with Gasteiger partial charge in [0, 0.05) is 5.69 Å². The molecule has 0 aliphatic carbocycles. The lowest BCUT2D eigenvalue weighted by Gasteiger charge is -2.06. The van der Waals surface area contributed by atoms with Crippen LogP contribution in [0.2, 0.25) is 0 Å². The summed E-state index contributed by atoms with van der Waals surface area (Å²) in [6.45, 7) is 0.632. The number of benzene rings is 1. The van der Waals surface area contributed by atoms with Gasteiger partial charge >= 0.3 is 0 Å². The Morgan fingerprint density at radius 2 is 1.84 bits per heavy atom. The second-order valence-electron chi connectivity index (χ2n) is 4.03. The van der Waals surface area contributed by atoms with Gasteiger partial charge in [-0.05, 0) is 42.8 Å².